The topological polar surface area (TPSA) is 77.1 Å². The summed E-state index contributed by atoms with van der Waals surface area (Å²) in [5.41, 5.74) is 1.88. The molecule has 35 heavy (non-hydrogen) atoms. The molecule has 2 rings (SSSR count). The first-order valence-corrected chi connectivity index (χ1v) is 12.4. The summed E-state index contributed by atoms with van der Waals surface area (Å²) in [6, 6.07) is 12.7. The number of hydrogen-bond donors (Lipinski definition) is 1. The number of hydrogen-bond acceptors (Lipinski definition) is 5. The van der Waals surface area contributed by atoms with Gasteiger partial charge in [-0.3, -0.25) is 9.59 Å². The van der Waals surface area contributed by atoms with Gasteiger partial charge in [-0.15, -0.1) is 0 Å². The number of nitrogens with zero attached hydrogens (tertiary/aromatic N) is 1. The van der Waals surface area contributed by atoms with E-state index in [1.165, 1.54) is 0 Å². The normalized spacial score (nSPS) is 11.6. The van der Waals surface area contributed by atoms with Crippen LogP contribution in [0.2, 0.25) is 0 Å². The van der Waals surface area contributed by atoms with Gasteiger partial charge >= 0.3 is 0 Å². The molecule has 0 saturated carbocycles. The molecule has 0 aliphatic rings. The van der Waals surface area contributed by atoms with Crippen LogP contribution in [0.15, 0.2) is 42.5 Å². The van der Waals surface area contributed by atoms with Gasteiger partial charge in [-0.2, -0.15) is 0 Å². The fourth-order valence-electron chi connectivity index (χ4n) is 3.65. The average Bonchev–Trinajstić information content (AvgIpc) is 2.85. The first-order chi connectivity index (χ1) is 16.8. The maximum atomic E-state index is 13.4. The van der Waals surface area contributed by atoms with E-state index in [1.54, 1.807) is 18.9 Å². The van der Waals surface area contributed by atoms with Crippen LogP contribution in [0.5, 0.6) is 17.2 Å². The standard InChI is InChI=1S/C28H40N2O5/c1-7-34-25-14-12-22(17-26(25)35-8-2)13-15-27(31)30(21(5)28(32)29-18-20(3)4)19-23-10-9-11-24(16-23)33-6/h9-12,14,16-17,20-21H,7-8,13,15,18-19H2,1-6H3,(H,29,32)/t21-/m1/s1. The van der Waals surface area contributed by atoms with Crippen molar-refractivity contribution in [3.63, 3.8) is 0 Å². The van der Waals surface area contributed by atoms with Crippen molar-refractivity contribution in [2.45, 2.75) is 60.0 Å². The largest absolute Gasteiger partial charge is 0.497 e. The molecule has 7 heteroatoms. The zero-order chi connectivity index (χ0) is 25.8. The van der Waals surface area contributed by atoms with Crippen molar-refractivity contribution in [3.05, 3.63) is 53.6 Å². The molecule has 0 aromatic heterocycles. The van der Waals surface area contributed by atoms with Gasteiger partial charge in [0.25, 0.3) is 0 Å². The number of rotatable bonds is 14. The lowest BCUT2D eigenvalue weighted by Gasteiger charge is -2.29. The fraction of sp³-hybridized carbons (Fsp3) is 0.500. The molecule has 0 spiro atoms. The summed E-state index contributed by atoms with van der Waals surface area (Å²) in [5.74, 6) is 2.16. The number of aryl methyl sites for hydroxylation is 1. The summed E-state index contributed by atoms with van der Waals surface area (Å²) >= 11 is 0. The number of benzene rings is 2. The van der Waals surface area contributed by atoms with Crippen molar-refractivity contribution >= 4 is 11.8 Å². The molecule has 192 valence electrons. The number of amides is 2. The Balaban J connectivity index is 2.19. The molecule has 1 N–H and O–H groups in total. The SMILES string of the molecule is CCOc1ccc(CCC(=O)N(Cc2cccc(OC)c2)[C@H](C)C(=O)NCC(C)C)cc1OCC. The van der Waals surface area contributed by atoms with Crippen LogP contribution in [-0.2, 0) is 22.6 Å². The second-order valence-corrected chi connectivity index (χ2v) is 8.84. The van der Waals surface area contributed by atoms with E-state index in [2.05, 4.69) is 5.32 Å². The van der Waals surface area contributed by atoms with E-state index in [1.807, 2.05) is 70.2 Å². The highest BCUT2D eigenvalue weighted by Gasteiger charge is 2.26. The lowest BCUT2D eigenvalue weighted by Crippen LogP contribution is -2.48. The molecule has 0 unspecified atom stereocenters. The van der Waals surface area contributed by atoms with Gasteiger partial charge in [0.2, 0.25) is 11.8 Å². The molecular formula is C28H40N2O5. The van der Waals surface area contributed by atoms with Gasteiger partial charge in [0, 0.05) is 19.5 Å². The number of methoxy groups -OCH3 is 1. The molecule has 0 aliphatic heterocycles. The average molecular weight is 485 g/mol. The molecule has 0 fully saturated rings. The third kappa shape index (κ3) is 8.81. The van der Waals surface area contributed by atoms with Crippen molar-refractivity contribution in [1.82, 2.24) is 10.2 Å². The van der Waals surface area contributed by atoms with Crippen molar-refractivity contribution < 1.29 is 23.8 Å². The lowest BCUT2D eigenvalue weighted by atomic mass is 10.1. The molecule has 2 aromatic carbocycles. The summed E-state index contributed by atoms with van der Waals surface area (Å²) in [6.45, 7) is 11.7. The molecule has 0 bridgehead atoms. The highest BCUT2D eigenvalue weighted by atomic mass is 16.5. The van der Waals surface area contributed by atoms with Gasteiger partial charge in [0.1, 0.15) is 11.8 Å². The maximum absolute atomic E-state index is 13.4. The van der Waals surface area contributed by atoms with Gasteiger partial charge in [-0.1, -0.05) is 32.0 Å². The van der Waals surface area contributed by atoms with Crippen LogP contribution in [0.4, 0.5) is 0 Å². The first kappa shape index (κ1) is 28.0. The van der Waals surface area contributed by atoms with E-state index in [9.17, 15) is 9.59 Å². The zero-order valence-electron chi connectivity index (χ0n) is 21.9. The summed E-state index contributed by atoms with van der Waals surface area (Å²) in [4.78, 5) is 27.9. The van der Waals surface area contributed by atoms with Gasteiger partial charge in [-0.05, 0) is 68.5 Å². The quantitative estimate of drug-likeness (QED) is 0.424. The van der Waals surface area contributed by atoms with Crippen LogP contribution >= 0.6 is 0 Å². The Labute approximate surface area is 209 Å². The smallest absolute Gasteiger partial charge is 0.242 e. The molecule has 0 saturated heterocycles. The molecule has 2 aromatic rings. The minimum Gasteiger partial charge on any atom is -0.497 e. The third-order valence-electron chi connectivity index (χ3n) is 5.57. The molecule has 7 nitrogen and oxygen atoms in total. The van der Waals surface area contributed by atoms with Gasteiger partial charge in [-0.25, -0.2) is 0 Å². The van der Waals surface area contributed by atoms with E-state index >= 15 is 0 Å². The number of carbonyl (C=O) groups excluding carboxylic acids is 2. The minimum absolute atomic E-state index is 0.0909. The monoisotopic (exact) mass is 484 g/mol. The molecule has 0 heterocycles. The van der Waals surface area contributed by atoms with Crippen LogP contribution in [0.3, 0.4) is 0 Å². The van der Waals surface area contributed by atoms with E-state index in [0.29, 0.717) is 55.9 Å². The van der Waals surface area contributed by atoms with Crippen LogP contribution in [-0.4, -0.2) is 49.6 Å². The molecule has 0 radical (unpaired) electrons. The third-order valence-corrected chi connectivity index (χ3v) is 5.57. The minimum atomic E-state index is -0.605. The van der Waals surface area contributed by atoms with Gasteiger partial charge < -0.3 is 24.4 Å². The Morgan fingerprint density at radius 2 is 1.66 bits per heavy atom. The van der Waals surface area contributed by atoms with Crippen molar-refractivity contribution in [3.8, 4) is 17.2 Å². The fourth-order valence-corrected chi connectivity index (χ4v) is 3.65. The summed E-state index contributed by atoms with van der Waals surface area (Å²) in [5, 5.41) is 2.95. The summed E-state index contributed by atoms with van der Waals surface area (Å²) < 4.78 is 16.7. The first-order valence-electron chi connectivity index (χ1n) is 12.4. The van der Waals surface area contributed by atoms with E-state index in [0.717, 1.165) is 11.1 Å². The molecule has 2 amide bonds. The van der Waals surface area contributed by atoms with Crippen LogP contribution in [0, 0.1) is 5.92 Å². The van der Waals surface area contributed by atoms with Crippen molar-refractivity contribution in [2.75, 3.05) is 26.9 Å². The Bertz CT molecular complexity index is 960. The second kappa shape index (κ2) is 14.2. The highest BCUT2D eigenvalue weighted by Crippen LogP contribution is 2.29. The van der Waals surface area contributed by atoms with Crippen LogP contribution in [0.25, 0.3) is 0 Å². The Morgan fingerprint density at radius 3 is 2.31 bits per heavy atom. The van der Waals surface area contributed by atoms with Crippen LogP contribution < -0.4 is 19.5 Å². The Hall–Kier alpha value is -3.22. The van der Waals surface area contributed by atoms with E-state index in [4.69, 9.17) is 14.2 Å². The molecule has 0 aliphatic carbocycles. The Kier molecular flexibility index (Phi) is 11.4. The van der Waals surface area contributed by atoms with Gasteiger partial charge in [0.05, 0.1) is 20.3 Å². The van der Waals surface area contributed by atoms with Gasteiger partial charge in [0.15, 0.2) is 11.5 Å². The molecule has 1 atom stereocenters. The number of carbonyl (C=O) groups is 2. The van der Waals surface area contributed by atoms with E-state index in [-0.39, 0.29) is 18.2 Å². The van der Waals surface area contributed by atoms with E-state index < -0.39 is 6.04 Å². The number of ether oxygens (including phenoxy) is 3. The second-order valence-electron chi connectivity index (χ2n) is 8.84. The lowest BCUT2D eigenvalue weighted by molar-refractivity contribution is -0.140. The summed E-state index contributed by atoms with van der Waals surface area (Å²) in [7, 11) is 1.61. The van der Waals surface area contributed by atoms with Crippen molar-refractivity contribution in [1.29, 1.82) is 0 Å². The van der Waals surface area contributed by atoms with Crippen molar-refractivity contribution in [2.24, 2.45) is 5.92 Å². The van der Waals surface area contributed by atoms with Crippen LogP contribution in [0.1, 0.15) is 52.2 Å². The Morgan fingerprint density at radius 1 is 0.943 bits per heavy atom. The highest BCUT2D eigenvalue weighted by molar-refractivity contribution is 5.87. The predicted molar refractivity (Wildman–Crippen MR) is 138 cm³/mol. The summed E-state index contributed by atoms with van der Waals surface area (Å²) in [6.07, 6.45) is 0.797. The molecular weight excluding hydrogens is 444 g/mol. The predicted octanol–water partition coefficient (Wildman–Crippen LogP) is 4.61. The maximum Gasteiger partial charge on any atom is 0.242 e. The zero-order valence-corrected chi connectivity index (χ0v) is 21.9. The number of nitrogens with one attached hydrogen (secondary N) is 1.